The Hall–Kier alpha value is -2.34. The van der Waals surface area contributed by atoms with E-state index in [0.29, 0.717) is 11.5 Å². The monoisotopic (exact) mass is 275 g/mol. The van der Waals surface area contributed by atoms with Gasteiger partial charge < -0.3 is 20.5 Å². The number of carbonyl (C=O) groups excluding carboxylic acids is 1. The van der Waals surface area contributed by atoms with Crippen LogP contribution in [0.3, 0.4) is 0 Å². The minimum absolute atomic E-state index is 0.0434. The van der Waals surface area contributed by atoms with Gasteiger partial charge in [0, 0.05) is 12.1 Å². The van der Waals surface area contributed by atoms with E-state index in [1.807, 2.05) is 0 Å². The summed E-state index contributed by atoms with van der Waals surface area (Å²) >= 11 is 0. The van der Waals surface area contributed by atoms with Gasteiger partial charge in [0.25, 0.3) is 11.5 Å². The molecule has 0 aliphatic heterocycles. The second-order valence-corrected chi connectivity index (χ2v) is 5.13. The van der Waals surface area contributed by atoms with Gasteiger partial charge >= 0.3 is 0 Å². The molecular weight excluding hydrogens is 258 g/mol. The molecule has 2 rings (SSSR count). The van der Waals surface area contributed by atoms with E-state index in [0.717, 1.165) is 0 Å². The number of hydrogen-bond acceptors (Lipinski definition) is 4. The van der Waals surface area contributed by atoms with Crippen LogP contribution in [0.4, 0.5) is 0 Å². The van der Waals surface area contributed by atoms with Crippen molar-refractivity contribution >= 4 is 5.91 Å². The molecule has 0 saturated carbocycles. The number of H-pyrrole nitrogens is 1. The van der Waals surface area contributed by atoms with Crippen LogP contribution in [0.1, 0.15) is 24.2 Å². The van der Waals surface area contributed by atoms with Gasteiger partial charge in [-0.2, -0.15) is 0 Å². The number of rotatable bonds is 4. The largest absolute Gasteiger partial charge is 0.463 e. The number of carbonyl (C=O) groups is 1. The Bertz CT molecular complexity index is 657. The predicted molar refractivity (Wildman–Crippen MR) is 75.4 cm³/mol. The van der Waals surface area contributed by atoms with E-state index in [1.165, 1.54) is 12.3 Å². The van der Waals surface area contributed by atoms with E-state index in [1.54, 1.807) is 32.0 Å². The van der Waals surface area contributed by atoms with Gasteiger partial charge in [0.05, 0.1) is 12.0 Å². The Morgan fingerprint density at radius 3 is 2.70 bits per heavy atom. The molecule has 0 spiro atoms. The van der Waals surface area contributed by atoms with Crippen LogP contribution in [0, 0.1) is 0 Å². The molecule has 20 heavy (non-hydrogen) atoms. The fraction of sp³-hybridized carbons (Fsp3) is 0.286. The lowest BCUT2D eigenvalue weighted by atomic mass is 10.1. The van der Waals surface area contributed by atoms with Crippen LogP contribution in [0.5, 0.6) is 0 Å². The van der Waals surface area contributed by atoms with Gasteiger partial charge in [-0.25, -0.2) is 0 Å². The summed E-state index contributed by atoms with van der Waals surface area (Å²) in [5.41, 5.74) is 5.08. The Balaban J connectivity index is 2.27. The first-order valence-electron chi connectivity index (χ1n) is 6.23. The lowest BCUT2D eigenvalue weighted by Crippen LogP contribution is -2.49. The number of nitrogens with one attached hydrogen (secondary N) is 2. The van der Waals surface area contributed by atoms with E-state index < -0.39 is 17.0 Å². The molecule has 2 heterocycles. The van der Waals surface area contributed by atoms with Crippen molar-refractivity contribution in [1.82, 2.24) is 10.3 Å². The highest BCUT2D eigenvalue weighted by Crippen LogP contribution is 2.15. The normalized spacial score (nSPS) is 11.3. The molecule has 0 saturated heterocycles. The van der Waals surface area contributed by atoms with Crippen LogP contribution < -0.4 is 16.6 Å². The maximum atomic E-state index is 12.0. The fourth-order valence-electron chi connectivity index (χ4n) is 1.65. The molecule has 0 aliphatic rings. The average Bonchev–Trinajstić information content (AvgIpc) is 2.91. The Labute approximate surface area is 116 Å². The molecular formula is C14H17N3O3. The van der Waals surface area contributed by atoms with Crippen LogP contribution in [0.25, 0.3) is 11.5 Å². The summed E-state index contributed by atoms with van der Waals surface area (Å²) < 4.78 is 5.19. The molecule has 2 aromatic rings. The minimum atomic E-state index is -0.566. The average molecular weight is 275 g/mol. The number of aromatic amines is 1. The first-order chi connectivity index (χ1) is 9.43. The summed E-state index contributed by atoms with van der Waals surface area (Å²) in [4.78, 5) is 26.6. The van der Waals surface area contributed by atoms with Gasteiger partial charge in [-0.3, -0.25) is 9.59 Å². The van der Waals surface area contributed by atoms with Crippen molar-refractivity contribution in [3.63, 3.8) is 0 Å². The molecule has 4 N–H and O–H groups in total. The van der Waals surface area contributed by atoms with Crippen LogP contribution >= 0.6 is 0 Å². The molecule has 0 aliphatic carbocycles. The molecule has 0 radical (unpaired) electrons. The third kappa shape index (κ3) is 2.97. The standard InChI is InChI=1S/C14H17N3O3/c1-14(2,8-15)17-13(19)9-5-6-10(16-12(9)18)11-4-3-7-20-11/h3-7H,8,15H2,1-2H3,(H,16,18)(H,17,19). The zero-order valence-electron chi connectivity index (χ0n) is 11.4. The van der Waals surface area contributed by atoms with Crippen molar-refractivity contribution < 1.29 is 9.21 Å². The molecule has 0 aromatic carbocycles. The van der Waals surface area contributed by atoms with E-state index in [4.69, 9.17) is 10.2 Å². The molecule has 106 valence electrons. The fourth-order valence-corrected chi connectivity index (χ4v) is 1.65. The zero-order chi connectivity index (χ0) is 14.8. The summed E-state index contributed by atoms with van der Waals surface area (Å²) in [7, 11) is 0. The minimum Gasteiger partial charge on any atom is -0.463 e. The van der Waals surface area contributed by atoms with E-state index in [2.05, 4.69) is 10.3 Å². The molecule has 0 unspecified atom stereocenters. The molecule has 6 heteroatoms. The summed E-state index contributed by atoms with van der Waals surface area (Å²) in [6, 6.07) is 6.55. The van der Waals surface area contributed by atoms with Gasteiger partial charge in [0.15, 0.2) is 0 Å². The molecule has 0 atom stereocenters. The van der Waals surface area contributed by atoms with Gasteiger partial charge in [0.2, 0.25) is 0 Å². The quantitative estimate of drug-likeness (QED) is 0.777. The number of hydrogen-bond donors (Lipinski definition) is 3. The second-order valence-electron chi connectivity index (χ2n) is 5.13. The summed E-state index contributed by atoms with van der Waals surface area (Å²) in [5.74, 6) is 0.0871. The molecule has 2 aromatic heterocycles. The van der Waals surface area contributed by atoms with Crippen LogP contribution in [0.15, 0.2) is 39.7 Å². The highest BCUT2D eigenvalue weighted by Gasteiger charge is 2.21. The van der Waals surface area contributed by atoms with E-state index in [9.17, 15) is 9.59 Å². The molecule has 0 bridgehead atoms. The maximum Gasteiger partial charge on any atom is 0.261 e. The number of amides is 1. The van der Waals surface area contributed by atoms with Crippen molar-refractivity contribution in [2.45, 2.75) is 19.4 Å². The Morgan fingerprint density at radius 1 is 1.40 bits per heavy atom. The number of furan rings is 1. The number of aromatic nitrogens is 1. The van der Waals surface area contributed by atoms with Crippen molar-refractivity contribution in [1.29, 1.82) is 0 Å². The van der Waals surface area contributed by atoms with Crippen molar-refractivity contribution in [2.75, 3.05) is 6.54 Å². The summed E-state index contributed by atoms with van der Waals surface area (Å²) in [6.07, 6.45) is 1.51. The topological polar surface area (TPSA) is 101 Å². The first-order valence-corrected chi connectivity index (χ1v) is 6.23. The summed E-state index contributed by atoms with van der Waals surface area (Å²) in [5, 5.41) is 2.71. The lowest BCUT2D eigenvalue weighted by Gasteiger charge is -2.23. The van der Waals surface area contributed by atoms with E-state index in [-0.39, 0.29) is 12.1 Å². The third-order valence-electron chi connectivity index (χ3n) is 2.90. The van der Waals surface area contributed by atoms with Crippen molar-refractivity contribution in [3.05, 3.63) is 46.4 Å². The molecule has 0 fully saturated rings. The Morgan fingerprint density at radius 2 is 2.15 bits per heavy atom. The number of nitrogens with two attached hydrogens (primary N) is 1. The van der Waals surface area contributed by atoms with Crippen LogP contribution in [-0.4, -0.2) is 23.0 Å². The van der Waals surface area contributed by atoms with Crippen LogP contribution in [-0.2, 0) is 0 Å². The zero-order valence-corrected chi connectivity index (χ0v) is 11.4. The van der Waals surface area contributed by atoms with Gasteiger partial charge in [-0.15, -0.1) is 0 Å². The Kier molecular flexibility index (Phi) is 3.76. The molecule has 1 amide bonds. The number of pyridine rings is 1. The second kappa shape index (κ2) is 5.34. The predicted octanol–water partition coefficient (Wildman–Crippen LogP) is 1.10. The first kappa shape index (κ1) is 14.1. The van der Waals surface area contributed by atoms with Crippen LogP contribution in [0.2, 0.25) is 0 Å². The molecule has 6 nitrogen and oxygen atoms in total. The highest BCUT2D eigenvalue weighted by molar-refractivity contribution is 5.94. The summed E-state index contributed by atoms with van der Waals surface area (Å²) in [6.45, 7) is 3.85. The SMILES string of the molecule is CC(C)(CN)NC(=O)c1ccc(-c2ccco2)[nH]c1=O. The lowest BCUT2D eigenvalue weighted by molar-refractivity contribution is 0.0914. The van der Waals surface area contributed by atoms with E-state index >= 15 is 0 Å². The van der Waals surface area contributed by atoms with Crippen molar-refractivity contribution in [3.8, 4) is 11.5 Å². The van der Waals surface area contributed by atoms with Gasteiger partial charge in [0.1, 0.15) is 11.3 Å². The highest BCUT2D eigenvalue weighted by atomic mass is 16.3. The van der Waals surface area contributed by atoms with Crippen molar-refractivity contribution in [2.24, 2.45) is 5.73 Å². The van der Waals surface area contributed by atoms with Gasteiger partial charge in [-0.05, 0) is 38.1 Å². The maximum absolute atomic E-state index is 12.0. The van der Waals surface area contributed by atoms with Gasteiger partial charge in [-0.1, -0.05) is 0 Å². The smallest absolute Gasteiger partial charge is 0.261 e. The third-order valence-corrected chi connectivity index (χ3v) is 2.90.